The lowest BCUT2D eigenvalue weighted by atomic mass is 9.97. The number of aryl methyl sites for hydroxylation is 2. The van der Waals surface area contributed by atoms with Gasteiger partial charge in [-0.25, -0.2) is 13.2 Å². The van der Waals surface area contributed by atoms with Crippen LogP contribution in [-0.2, 0) is 14.8 Å². The average molecular weight is 390 g/mol. The molecule has 0 saturated heterocycles. The van der Waals surface area contributed by atoms with Gasteiger partial charge in [-0.3, -0.25) is 9.52 Å². The number of carbonyl (C=O) groups excluding carboxylic acids is 1. The Kier molecular flexibility index (Phi) is 5.90. The Hall–Kier alpha value is -2.87. The molecule has 0 bridgehead atoms. The van der Waals surface area contributed by atoms with Gasteiger partial charge in [-0.1, -0.05) is 24.3 Å². The lowest BCUT2D eigenvalue weighted by Crippen LogP contribution is -2.34. The molecule has 1 atom stereocenters. The van der Waals surface area contributed by atoms with Crippen LogP contribution in [0, 0.1) is 20.8 Å². The van der Waals surface area contributed by atoms with E-state index in [4.69, 9.17) is 0 Å². The topological polar surface area (TPSA) is 113 Å². The van der Waals surface area contributed by atoms with Gasteiger partial charge in [0.15, 0.2) is 6.04 Å². The minimum absolute atomic E-state index is 0.156. The highest BCUT2D eigenvalue weighted by atomic mass is 32.2. The molecule has 0 aromatic heterocycles. The molecule has 3 N–H and O–H groups in total. The minimum Gasteiger partial charge on any atom is -0.479 e. The Morgan fingerprint density at radius 1 is 1.04 bits per heavy atom. The lowest BCUT2D eigenvalue weighted by Gasteiger charge is -2.19. The van der Waals surface area contributed by atoms with E-state index in [1.54, 1.807) is 32.0 Å². The molecule has 0 aliphatic carbocycles. The molecule has 1 amide bonds. The molecule has 2 aromatic rings. The van der Waals surface area contributed by atoms with Gasteiger partial charge in [-0.2, -0.15) is 0 Å². The molecule has 0 spiro atoms. The summed E-state index contributed by atoms with van der Waals surface area (Å²) in [6.07, 6.45) is 1.01. The first-order valence-corrected chi connectivity index (χ1v) is 10.1. The van der Waals surface area contributed by atoms with Gasteiger partial charge in [0, 0.05) is 5.56 Å². The van der Waals surface area contributed by atoms with Gasteiger partial charge in [0.25, 0.3) is 5.91 Å². The van der Waals surface area contributed by atoms with E-state index in [2.05, 4.69) is 10.0 Å². The highest BCUT2D eigenvalue weighted by Gasteiger charge is 2.25. The van der Waals surface area contributed by atoms with Crippen molar-refractivity contribution in [3.05, 3.63) is 64.2 Å². The third-order valence-electron chi connectivity index (χ3n) is 4.28. The predicted octanol–water partition coefficient (Wildman–Crippen LogP) is 2.54. The Morgan fingerprint density at radius 2 is 1.70 bits per heavy atom. The maximum absolute atomic E-state index is 12.6. The summed E-state index contributed by atoms with van der Waals surface area (Å²) in [4.78, 5) is 24.3. The van der Waals surface area contributed by atoms with E-state index < -0.39 is 27.9 Å². The average Bonchev–Trinajstić information content (AvgIpc) is 2.56. The second kappa shape index (κ2) is 7.79. The summed E-state index contributed by atoms with van der Waals surface area (Å²) in [6.45, 7) is 5.36. The molecule has 0 saturated carbocycles. The fourth-order valence-electron chi connectivity index (χ4n) is 2.65. The normalized spacial score (nSPS) is 12.3. The van der Waals surface area contributed by atoms with Gasteiger partial charge in [0.05, 0.1) is 11.9 Å². The molecule has 8 heteroatoms. The number of carboxylic acids is 1. The van der Waals surface area contributed by atoms with E-state index in [1.165, 1.54) is 12.1 Å². The molecule has 2 aromatic carbocycles. The Morgan fingerprint density at radius 3 is 2.30 bits per heavy atom. The standard InChI is InChI=1S/C19H22N2O5S/c1-11-6-5-7-15(13(11)3)17(19(23)24)20-18(22)14-9-8-12(2)16(10-14)21-27(4,25)26/h5-10,17,21H,1-4H3,(H,20,22)(H,23,24). The van der Waals surface area contributed by atoms with Crippen molar-refractivity contribution in [2.24, 2.45) is 0 Å². The summed E-state index contributed by atoms with van der Waals surface area (Å²) in [5, 5.41) is 12.1. The Bertz CT molecular complexity index is 999. The first kappa shape index (κ1) is 20.4. The van der Waals surface area contributed by atoms with Crippen LogP contribution in [-0.4, -0.2) is 31.7 Å². The molecule has 1 unspecified atom stereocenters. The number of sulfonamides is 1. The van der Waals surface area contributed by atoms with Crippen LogP contribution in [0.3, 0.4) is 0 Å². The van der Waals surface area contributed by atoms with Crippen molar-refractivity contribution in [3.8, 4) is 0 Å². The maximum Gasteiger partial charge on any atom is 0.330 e. The molecule has 2 rings (SSSR count). The van der Waals surface area contributed by atoms with Crippen molar-refractivity contribution < 1.29 is 23.1 Å². The molecule has 27 heavy (non-hydrogen) atoms. The number of benzene rings is 2. The number of anilines is 1. The fraction of sp³-hybridized carbons (Fsp3) is 0.263. The monoisotopic (exact) mass is 390 g/mol. The largest absolute Gasteiger partial charge is 0.479 e. The van der Waals surface area contributed by atoms with Gasteiger partial charge < -0.3 is 10.4 Å². The van der Waals surface area contributed by atoms with Crippen LogP contribution in [0.15, 0.2) is 36.4 Å². The zero-order valence-electron chi connectivity index (χ0n) is 15.5. The number of carbonyl (C=O) groups is 2. The SMILES string of the molecule is Cc1ccc(C(=O)NC(C(=O)O)c2cccc(C)c2C)cc1NS(C)(=O)=O. The second-order valence-electron chi connectivity index (χ2n) is 6.44. The first-order chi connectivity index (χ1) is 12.5. The summed E-state index contributed by atoms with van der Waals surface area (Å²) < 4.78 is 25.3. The molecule has 0 aliphatic rings. The molecule has 0 radical (unpaired) electrons. The number of carboxylic acid groups (broad SMARTS) is 1. The number of rotatable bonds is 6. The van der Waals surface area contributed by atoms with Crippen LogP contribution in [0.4, 0.5) is 5.69 Å². The maximum atomic E-state index is 12.6. The second-order valence-corrected chi connectivity index (χ2v) is 8.19. The molecule has 7 nitrogen and oxygen atoms in total. The van der Waals surface area contributed by atoms with Crippen molar-refractivity contribution >= 4 is 27.6 Å². The van der Waals surface area contributed by atoms with E-state index in [0.29, 0.717) is 11.1 Å². The summed E-state index contributed by atoms with van der Waals surface area (Å²) in [6, 6.07) is 8.53. The van der Waals surface area contributed by atoms with Crippen LogP contribution in [0.5, 0.6) is 0 Å². The van der Waals surface area contributed by atoms with Crippen LogP contribution < -0.4 is 10.0 Å². The zero-order valence-corrected chi connectivity index (χ0v) is 16.3. The fourth-order valence-corrected chi connectivity index (χ4v) is 3.27. The number of hydrogen-bond acceptors (Lipinski definition) is 4. The highest BCUT2D eigenvalue weighted by molar-refractivity contribution is 7.92. The molecular weight excluding hydrogens is 368 g/mol. The van der Waals surface area contributed by atoms with Crippen LogP contribution >= 0.6 is 0 Å². The number of hydrogen-bond donors (Lipinski definition) is 3. The van der Waals surface area contributed by atoms with Crippen LogP contribution in [0.25, 0.3) is 0 Å². The summed E-state index contributed by atoms with van der Waals surface area (Å²) in [5.74, 6) is -1.79. The molecule has 0 aliphatic heterocycles. The van der Waals surface area contributed by atoms with E-state index in [-0.39, 0.29) is 11.3 Å². The summed E-state index contributed by atoms with van der Waals surface area (Å²) >= 11 is 0. The van der Waals surface area contributed by atoms with Gasteiger partial charge in [0.1, 0.15) is 0 Å². The van der Waals surface area contributed by atoms with Gasteiger partial charge >= 0.3 is 5.97 Å². The van der Waals surface area contributed by atoms with Gasteiger partial charge in [0.2, 0.25) is 10.0 Å². The summed E-state index contributed by atoms with van der Waals surface area (Å²) in [5.41, 5.74) is 3.27. The lowest BCUT2D eigenvalue weighted by molar-refractivity contribution is -0.139. The van der Waals surface area contributed by atoms with Crippen molar-refractivity contribution in [1.82, 2.24) is 5.32 Å². The molecular formula is C19H22N2O5S. The number of amides is 1. The third-order valence-corrected chi connectivity index (χ3v) is 4.87. The van der Waals surface area contributed by atoms with Crippen molar-refractivity contribution in [3.63, 3.8) is 0 Å². The van der Waals surface area contributed by atoms with Crippen molar-refractivity contribution in [2.45, 2.75) is 26.8 Å². The van der Waals surface area contributed by atoms with Gasteiger partial charge in [-0.05, 0) is 55.2 Å². The smallest absolute Gasteiger partial charge is 0.330 e. The first-order valence-electron chi connectivity index (χ1n) is 8.18. The zero-order chi connectivity index (χ0) is 20.4. The molecule has 144 valence electrons. The Labute approximate surface area is 158 Å². The number of aliphatic carboxylic acids is 1. The van der Waals surface area contributed by atoms with Gasteiger partial charge in [-0.15, -0.1) is 0 Å². The van der Waals surface area contributed by atoms with E-state index in [9.17, 15) is 23.1 Å². The van der Waals surface area contributed by atoms with E-state index in [1.807, 2.05) is 13.0 Å². The van der Waals surface area contributed by atoms with Crippen molar-refractivity contribution in [2.75, 3.05) is 11.0 Å². The number of nitrogens with one attached hydrogen (secondary N) is 2. The van der Waals surface area contributed by atoms with E-state index in [0.717, 1.165) is 17.4 Å². The quantitative estimate of drug-likeness (QED) is 0.702. The predicted molar refractivity (Wildman–Crippen MR) is 103 cm³/mol. The Balaban J connectivity index is 2.35. The van der Waals surface area contributed by atoms with E-state index >= 15 is 0 Å². The third kappa shape index (κ3) is 5.07. The highest BCUT2D eigenvalue weighted by Crippen LogP contribution is 2.23. The van der Waals surface area contributed by atoms with Crippen LogP contribution in [0.2, 0.25) is 0 Å². The van der Waals surface area contributed by atoms with Crippen molar-refractivity contribution in [1.29, 1.82) is 0 Å². The summed E-state index contributed by atoms with van der Waals surface area (Å²) in [7, 11) is -3.51. The van der Waals surface area contributed by atoms with Crippen LogP contribution in [0.1, 0.15) is 38.7 Å². The molecule has 0 fully saturated rings. The molecule has 0 heterocycles. The minimum atomic E-state index is -3.51.